The highest BCUT2D eigenvalue weighted by molar-refractivity contribution is 5.30. The zero-order valence-corrected chi connectivity index (χ0v) is 16.1. The lowest BCUT2D eigenvalue weighted by atomic mass is 10.1. The quantitative estimate of drug-likeness (QED) is 0.613. The first-order valence-corrected chi connectivity index (χ1v) is 9.50. The van der Waals surface area contributed by atoms with Gasteiger partial charge in [-0.05, 0) is 16.7 Å². The van der Waals surface area contributed by atoms with Crippen molar-refractivity contribution >= 4 is 0 Å². The van der Waals surface area contributed by atoms with Crippen LogP contribution in [0, 0.1) is 0 Å². The molecule has 0 radical (unpaired) electrons. The van der Waals surface area contributed by atoms with Crippen LogP contribution in [0.25, 0.3) is 0 Å². The summed E-state index contributed by atoms with van der Waals surface area (Å²) in [5, 5.41) is 0. The lowest BCUT2D eigenvalue weighted by molar-refractivity contribution is -0.142. The van der Waals surface area contributed by atoms with Crippen LogP contribution in [0.5, 0.6) is 5.75 Å². The smallest absolute Gasteiger partial charge is 0.406 e. The third kappa shape index (κ3) is 4.71. The van der Waals surface area contributed by atoms with Crippen molar-refractivity contribution in [1.29, 1.82) is 0 Å². The van der Waals surface area contributed by atoms with Crippen LogP contribution in [-0.2, 0) is 32.8 Å². The van der Waals surface area contributed by atoms with Crippen LogP contribution >= 0.6 is 0 Å². The molecule has 0 atom stereocenters. The van der Waals surface area contributed by atoms with E-state index < -0.39 is 18.3 Å². The second-order valence-electron chi connectivity index (χ2n) is 7.23. The normalized spacial score (nSPS) is 14.0. The summed E-state index contributed by atoms with van der Waals surface area (Å²) in [6.07, 6.45) is -3.33. The summed E-state index contributed by atoms with van der Waals surface area (Å²) >= 11 is 0. The Morgan fingerprint density at radius 3 is 2.23 bits per heavy atom. The summed E-state index contributed by atoms with van der Waals surface area (Å²) in [4.78, 5) is 18.9. The Morgan fingerprint density at radius 2 is 1.60 bits per heavy atom. The van der Waals surface area contributed by atoms with E-state index in [2.05, 4.69) is 4.98 Å². The van der Waals surface area contributed by atoms with Crippen LogP contribution in [0.2, 0.25) is 0 Å². The van der Waals surface area contributed by atoms with Gasteiger partial charge in [0.15, 0.2) is 0 Å². The molecule has 0 N–H and O–H groups in total. The fourth-order valence-corrected chi connectivity index (χ4v) is 3.53. The second kappa shape index (κ2) is 8.31. The van der Waals surface area contributed by atoms with Crippen molar-refractivity contribution in [2.24, 2.45) is 0 Å². The van der Waals surface area contributed by atoms with Crippen LogP contribution in [0.4, 0.5) is 13.2 Å². The van der Waals surface area contributed by atoms with Gasteiger partial charge in [-0.3, -0.25) is 14.3 Å². The number of rotatable bonds is 6. The maximum absolute atomic E-state index is 13.2. The molecule has 1 aromatic heterocycles. The number of ether oxygens (including phenoxy) is 1. The molecule has 30 heavy (non-hydrogen) atoms. The Bertz CT molecular complexity index is 1060. The zero-order valence-electron chi connectivity index (χ0n) is 16.1. The summed E-state index contributed by atoms with van der Waals surface area (Å²) in [6.45, 7) is 0.00958. The van der Waals surface area contributed by atoms with Crippen LogP contribution in [0.15, 0.2) is 65.6 Å². The molecule has 0 saturated carbocycles. The van der Waals surface area contributed by atoms with E-state index in [1.165, 1.54) is 6.20 Å². The van der Waals surface area contributed by atoms with Gasteiger partial charge in [0, 0.05) is 13.1 Å². The molecule has 1 aliphatic heterocycles. The standard InChI is InChI=1S/C22H20F3N3O2/c23-22(24,25)15-28-20(13-27-11-17-8-4-5-9-18(17)12-27)26-10-19(21(28)29)30-14-16-6-2-1-3-7-16/h1-10H,11-15H2. The highest BCUT2D eigenvalue weighted by atomic mass is 19.4. The van der Waals surface area contributed by atoms with Crippen molar-refractivity contribution in [3.05, 3.63) is 93.7 Å². The molecule has 0 aliphatic carbocycles. The lowest BCUT2D eigenvalue weighted by Crippen LogP contribution is -2.34. The average molecular weight is 415 g/mol. The van der Waals surface area contributed by atoms with Crippen LogP contribution in [0.1, 0.15) is 22.5 Å². The Balaban J connectivity index is 1.57. The second-order valence-corrected chi connectivity index (χ2v) is 7.23. The van der Waals surface area contributed by atoms with Gasteiger partial charge in [-0.15, -0.1) is 0 Å². The molecule has 3 aromatic rings. The Morgan fingerprint density at radius 1 is 0.967 bits per heavy atom. The molecule has 2 heterocycles. The Labute approximate surface area is 171 Å². The van der Waals surface area contributed by atoms with E-state index in [0.29, 0.717) is 17.7 Å². The predicted octanol–water partition coefficient (Wildman–Crippen LogP) is 3.90. The van der Waals surface area contributed by atoms with Crippen molar-refractivity contribution in [2.45, 2.75) is 39.0 Å². The van der Waals surface area contributed by atoms with Crippen molar-refractivity contribution in [2.75, 3.05) is 0 Å². The van der Waals surface area contributed by atoms with Crippen LogP contribution in [-0.4, -0.2) is 20.6 Å². The molecule has 0 amide bonds. The molecule has 4 rings (SSSR count). The van der Waals surface area contributed by atoms with E-state index in [4.69, 9.17) is 4.74 Å². The average Bonchev–Trinajstić information content (AvgIpc) is 3.12. The van der Waals surface area contributed by atoms with Crippen molar-refractivity contribution < 1.29 is 17.9 Å². The van der Waals surface area contributed by atoms with E-state index >= 15 is 0 Å². The fraction of sp³-hybridized carbons (Fsp3) is 0.273. The first-order valence-electron chi connectivity index (χ1n) is 9.50. The Hall–Kier alpha value is -3.13. The number of benzene rings is 2. The summed E-state index contributed by atoms with van der Waals surface area (Å²) in [5.74, 6) is -0.131. The predicted molar refractivity (Wildman–Crippen MR) is 105 cm³/mol. The van der Waals surface area contributed by atoms with Gasteiger partial charge in [-0.25, -0.2) is 4.98 Å². The van der Waals surface area contributed by atoms with E-state index in [-0.39, 0.29) is 24.7 Å². The minimum atomic E-state index is -4.55. The highest BCUT2D eigenvalue weighted by Crippen LogP contribution is 2.24. The zero-order chi connectivity index (χ0) is 21.1. The molecule has 0 unspecified atom stereocenters. The number of hydrogen-bond donors (Lipinski definition) is 0. The van der Waals surface area contributed by atoms with Gasteiger partial charge in [-0.2, -0.15) is 13.2 Å². The number of hydrogen-bond acceptors (Lipinski definition) is 4. The van der Waals surface area contributed by atoms with Crippen molar-refractivity contribution in [3.63, 3.8) is 0 Å². The van der Waals surface area contributed by atoms with Gasteiger partial charge < -0.3 is 4.74 Å². The lowest BCUT2D eigenvalue weighted by Gasteiger charge is -2.19. The summed E-state index contributed by atoms with van der Waals surface area (Å²) < 4.78 is 45.7. The third-order valence-electron chi connectivity index (χ3n) is 4.94. The molecule has 5 nitrogen and oxygen atoms in total. The summed E-state index contributed by atoms with van der Waals surface area (Å²) in [5.41, 5.74) is 2.23. The first-order chi connectivity index (χ1) is 14.4. The number of halogens is 3. The first kappa shape index (κ1) is 20.2. The SMILES string of the molecule is O=c1c(OCc2ccccc2)cnc(CN2Cc3ccccc3C2)n1CC(F)(F)F. The molecule has 0 fully saturated rings. The Kier molecular flexibility index (Phi) is 5.59. The molecule has 2 aromatic carbocycles. The van der Waals surface area contributed by atoms with E-state index in [1.54, 1.807) is 12.1 Å². The van der Waals surface area contributed by atoms with Gasteiger partial charge in [0.1, 0.15) is 19.0 Å². The third-order valence-corrected chi connectivity index (χ3v) is 4.94. The summed E-state index contributed by atoms with van der Waals surface area (Å²) in [7, 11) is 0. The number of alkyl halides is 3. The van der Waals surface area contributed by atoms with E-state index in [0.717, 1.165) is 16.7 Å². The summed E-state index contributed by atoms with van der Waals surface area (Å²) in [6, 6.07) is 16.9. The molecular weight excluding hydrogens is 395 g/mol. The molecule has 0 saturated heterocycles. The van der Waals surface area contributed by atoms with Crippen molar-refractivity contribution in [3.8, 4) is 5.75 Å². The molecule has 1 aliphatic rings. The molecule has 156 valence electrons. The number of aromatic nitrogens is 2. The molecular formula is C22H20F3N3O2. The number of fused-ring (bicyclic) bond motifs is 1. The number of nitrogens with zero attached hydrogens (tertiary/aromatic N) is 3. The maximum Gasteiger partial charge on any atom is 0.406 e. The monoisotopic (exact) mass is 415 g/mol. The van der Waals surface area contributed by atoms with Gasteiger partial charge in [0.25, 0.3) is 5.56 Å². The fourth-order valence-electron chi connectivity index (χ4n) is 3.53. The molecule has 0 bridgehead atoms. The minimum absolute atomic E-state index is 0.0668. The minimum Gasteiger partial charge on any atom is -0.482 e. The largest absolute Gasteiger partial charge is 0.482 e. The van der Waals surface area contributed by atoms with Gasteiger partial charge in [0.2, 0.25) is 5.75 Å². The molecule has 8 heteroatoms. The van der Waals surface area contributed by atoms with Crippen LogP contribution < -0.4 is 10.3 Å². The van der Waals surface area contributed by atoms with E-state index in [1.807, 2.05) is 47.4 Å². The van der Waals surface area contributed by atoms with Gasteiger partial charge >= 0.3 is 6.18 Å². The topological polar surface area (TPSA) is 47.4 Å². The van der Waals surface area contributed by atoms with Gasteiger partial charge in [0.05, 0.1) is 12.7 Å². The van der Waals surface area contributed by atoms with Crippen molar-refractivity contribution in [1.82, 2.24) is 14.5 Å². The maximum atomic E-state index is 13.2. The van der Waals surface area contributed by atoms with Crippen LogP contribution in [0.3, 0.4) is 0 Å². The van der Waals surface area contributed by atoms with Gasteiger partial charge in [-0.1, -0.05) is 54.6 Å². The van der Waals surface area contributed by atoms with E-state index in [9.17, 15) is 18.0 Å². The molecule has 0 spiro atoms. The highest BCUT2D eigenvalue weighted by Gasteiger charge is 2.31.